The van der Waals surface area contributed by atoms with Crippen LogP contribution in [0.4, 0.5) is 22.0 Å². The first-order chi connectivity index (χ1) is 8.65. The van der Waals surface area contributed by atoms with Crippen LogP contribution in [-0.2, 0) is 0 Å². The lowest BCUT2D eigenvalue weighted by atomic mass is 10.1. The summed E-state index contributed by atoms with van der Waals surface area (Å²) in [5.41, 5.74) is -3.53. The third-order valence-electron chi connectivity index (χ3n) is 1.80. The standard InChI is InChI=1S/C9H3F5N2O3/c10-7(11)3-1-5(19-9(12,13)14)16-4(2-15)6(3)8(17)18/h1,7H,(H,17,18). The van der Waals surface area contributed by atoms with Gasteiger partial charge in [-0.2, -0.15) is 5.26 Å². The minimum Gasteiger partial charge on any atom is -0.478 e. The number of nitriles is 1. The number of nitrogens with zero attached hydrogens (tertiary/aromatic N) is 2. The molecule has 0 aliphatic rings. The van der Waals surface area contributed by atoms with Crippen molar-refractivity contribution in [1.82, 2.24) is 4.98 Å². The number of ether oxygens (including phenoxy) is 1. The van der Waals surface area contributed by atoms with E-state index in [2.05, 4.69) is 9.72 Å². The number of hydrogen-bond donors (Lipinski definition) is 1. The topological polar surface area (TPSA) is 83.2 Å². The Kier molecular flexibility index (Phi) is 3.89. The summed E-state index contributed by atoms with van der Waals surface area (Å²) in [7, 11) is 0. The molecule has 1 aromatic rings. The maximum absolute atomic E-state index is 12.6. The van der Waals surface area contributed by atoms with E-state index in [4.69, 9.17) is 10.4 Å². The van der Waals surface area contributed by atoms with Crippen molar-refractivity contribution in [1.29, 1.82) is 5.26 Å². The summed E-state index contributed by atoms with van der Waals surface area (Å²) in [6, 6.07) is 1.25. The molecule has 0 unspecified atom stereocenters. The summed E-state index contributed by atoms with van der Waals surface area (Å²) in [6.07, 6.45) is -8.61. The molecule has 19 heavy (non-hydrogen) atoms. The van der Waals surface area contributed by atoms with Gasteiger partial charge >= 0.3 is 12.3 Å². The predicted octanol–water partition coefficient (Wildman–Crippen LogP) is 2.49. The molecule has 1 heterocycles. The molecule has 1 aromatic heterocycles. The summed E-state index contributed by atoms with van der Waals surface area (Å²) in [6.45, 7) is 0. The van der Waals surface area contributed by atoms with Crippen LogP contribution in [0.3, 0.4) is 0 Å². The minimum atomic E-state index is -5.20. The Morgan fingerprint density at radius 2 is 2.05 bits per heavy atom. The number of carboxylic acid groups (broad SMARTS) is 1. The number of carbonyl (C=O) groups is 1. The largest absolute Gasteiger partial charge is 0.574 e. The molecular weight excluding hydrogens is 279 g/mol. The molecule has 0 atom stereocenters. The molecule has 0 spiro atoms. The van der Waals surface area contributed by atoms with Crippen molar-refractivity contribution in [2.24, 2.45) is 0 Å². The van der Waals surface area contributed by atoms with Gasteiger partial charge in [0, 0.05) is 11.6 Å². The van der Waals surface area contributed by atoms with E-state index in [-0.39, 0.29) is 6.07 Å². The third kappa shape index (κ3) is 3.51. The fourth-order valence-electron chi connectivity index (χ4n) is 1.19. The summed E-state index contributed by atoms with van der Waals surface area (Å²) in [4.78, 5) is 13.6. The van der Waals surface area contributed by atoms with Crippen molar-refractivity contribution in [3.05, 3.63) is 22.9 Å². The number of carboxylic acids is 1. The van der Waals surface area contributed by atoms with E-state index in [1.54, 1.807) is 0 Å². The Labute approximate surface area is 101 Å². The molecule has 102 valence electrons. The number of hydrogen-bond acceptors (Lipinski definition) is 4. The smallest absolute Gasteiger partial charge is 0.478 e. The average Bonchev–Trinajstić information content (AvgIpc) is 2.24. The van der Waals surface area contributed by atoms with Crippen molar-refractivity contribution in [3.8, 4) is 11.9 Å². The molecule has 0 aliphatic heterocycles. The first kappa shape index (κ1) is 14.6. The first-order valence-electron chi connectivity index (χ1n) is 4.38. The highest BCUT2D eigenvalue weighted by Crippen LogP contribution is 2.30. The van der Waals surface area contributed by atoms with Gasteiger partial charge in [0.2, 0.25) is 5.88 Å². The van der Waals surface area contributed by atoms with Gasteiger partial charge in [-0.25, -0.2) is 18.6 Å². The third-order valence-corrected chi connectivity index (χ3v) is 1.80. The Balaban J connectivity index is 3.46. The zero-order valence-electron chi connectivity index (χ0n) is 8.70. The number of pyridine rings is 1. The molecule has 1 N–H and O–H groups in total. The first-order valence-corrected chi connectivity index (χ1v) is 4.38. The van der Waals surface area contributed by atoms with Crippen LogP contribution >= 0.6 is 0 Å². The molecule has 0 bridgehead atoms. The van der Waals surface area contributed by atoms with E-state index in [0.717, 1.165) is 6.07 Å². The summed E-state index contributed by atoms with van der Waals surface area (Å²) < 4.78 is 64.2. The van der Waals surface area contributed by atoms with Crippen LogP contribution in [0.15, 0.2) is 6.07 Å². The number of rotatable bonds is 3. The summed E-state index contributed by atoms with van der Waals surface area (Å²) in [5, 5.41) is 17.2. The van der Waals surface area contributed by atoms with Gasteiger partial charge < -0.3 is 9.84 Å². The molecule has 0 radical (unpaired) electrons. The Morgan fingerprint density at radius 3 is 2.42 bits per heavy atom. The van der Waals surface area contributed by atoms with E-state index in [9.17, 15) is 26.7 Å². The second-order valence-corrected chi connectivity index (χ2v) is 3.04. The molecule has 10 heteroatoms. The van der Waals surface area contributed by atoms with Crippen molar-refractivity contribution in [2.75, 3.05) is 0 Å². The van der Waals surface area contributed by atoms with Gasteiger partial charge in [-0.05, 0) is 0 Å². The quantitative estimate of drug-likeness (QED) is 0.861. The number of aromatic nitrogens is 1. The van der Waals surface area contributed by atoms with E-state index >= 15 is 0 Å². The van der Waals surface area contributed by atoms with Gasteiger partial charge in [0.25, 0.3) is 6.43 Å². The highest BCUT2D eigenvalue weighted by Gasteiger charge is 2.34. The molecule has 0 aliphatic carbocycles. The van der Waals surface area contributed by atoms with Crippen LogP contribution in [0.1, 0.15) is 28.0 Å². The second-order valence-electron chi connectivity index (χ2n) is 3.04. The molecule has 5 nitrogen and oxygen atoms in total. The Hall–Kier alpha value is -2.44. The number of aromatic carboxylic acids is 1. The van der Waals surface area contributed by atoms with Crippen LogP contribution in [0, 0.1) is 11.3 Å². The summed E-state index contributed by atoms with van der Waals surface area (Å²) in [5.74, 6) is -3.23. The van der Waals surface area contributed by atoms with Gasteiger partial charge in [-0.3, -0.25) is 0 Å². The highest BCUT2D eigenvalue weighted by atomic mass is 19.4. The van der Waals surface area contributed by atoms with Crippen LogP contribution in [0.2, 0.25) is 0 Å². The molecule has 0 aromatic carbocycles. The Morgan fingerprint density at radius 1 is 1.47 bits per heavy atom. The molecule has 0 fully saturated rings. The fourth-order valence-corrected chi connectivity index (χ4v) is 1.19. The van der Waals surface area contributed by atoms with E-state index in [0.29, 0.717) is 0 Å². The van der Waals surface area contributed by atoms with Gasteiger partial charge in [0.05, 0.1) is 0 Å². The zero-order valence-corrected chi connectivity index (χ0v) is 8.70. The van der Waals surface area contributed by atoms with Crippen molar-refractivity contribution < 1.29 is 36.6 Å². The van der Waals surface area contributed by atoms with Gasteiger partial charge in [-0.1, -0.05) is 0 Å². The predicted molar refractivity (Wildman–Crippen MR) is 47.6 cm³/mol. The van der Waals surface area contributed by atoms with Crippen LogP contribution in [-0.4, -0.2) is 22.4 Å². The van der Waals surface area contributed by atoms with Crippen LogP contribution in [0.25, 0.3) is 0 Å². The number of alkyl halides is 5. The highest BCUT2D eigenvalue weighted by molar-refractivity contribution is 5.92. The van der Waals surface area contributed by atoms with Crippen LogP contribution in [0.5, 0.6) is 5.88 Å². The van der Waals surface area contributed by atoms with Crippen molar-refractivity contribution >= 4 is 5.97 Å². The second kappa shape index (κ2) is 5.05. The SMILES string of the molecule is N#Cc1nc(OC(F)(F)F)cc(C(F)F)c1C(=O)O. The van der Waals surface area contributed by atoms with Gasteiger partial charge in [0.1, 0.15) is 11.6 Å². The maximum atomic E-state index is 12.6. The van der Waals surface area contributed by atoms with E-state index in [1.165, 1.54) is 0 Å². The van der Waals surface area contributed by atoms with Gasteiger partial charge in [0.15, 0.2) is 5.69 Å². The maximum Gasteiger partial charge on any atom is 0.574 e. The van der Waals surface area contributed by atoms with E-state index in [1.807, 2.05) is 0 Å². The molecule has 0 saturated heterocycles. The van der Waals surface area contributed by atoms with Crippen LogP contribution < -0.4 is 4.74 Å². The van der Waals surface area contributed by atoms with E-state index < -0.39 is 41.5 Å². The lowest BCUT2D eigenvalue weighted by molar-refractivity contribution is -0.276. The van der Waals surface area contributed by atoms with Crippen molar-refractivity contribution in [2.45, 2.75) is 12.8 Å². The monoisotopic (exact) mass is 282 g/mol. The number of halogens is 5. The normalized spacial score (nSPS) is 11.2. The fraction of sp³-hybridized carbons (Fsp3) is 0.222. The lowest BCUT2D eigenvalue weighted by Gasteiger charge is -2.11. The average molecular weight is 282 g/mol. The lowest BCUT2D eigenvalue weighted by Crippen LogP contribution is -2.19. The minimum absolute atomic E-state index is 0.127. The summed E-state index contributed by atoms with van der Waals surface area (Å²) >= 11 is 0. The molecule has 0 amide bonds. The van der Waals surface area contributed by atoms with Crippen molar-refractivity contribution in [3.63, 3.8) is 0 Å². The molecular formula is C9H3F5N2O3. The zero-order chi connectivity index (χ0) is 14.8. The molecule has 1 rings (SSSR count). The molecule has 0 saturated carbocycles. The van der Waals surface area contributed by atoms with Gasteiger partial charge in [-0.15, -0.1) is 13.2 Å². The Bertz CT molecular complexity index is 550.